The van der Waals surface area contributed by atoms with Gasteiger partial charge in [0.15, 0.2) is 0 Å². The molecule has 0 spiro atoms. The minimum absolute atomic E-state index is 0.0590. The zero-order valence-electron chi connectivity index (χ0n) is 21.5. The van der Waals surface area contributed by atoms with Crippen LogP contribution in [0.3, 0.4) is 0 Å². The topological polar surface area (TPSA) is 106 Å². The Bertz CT molecular complexity index is 1660. The third kappa shape index (κ3) is 4.64. The van der Waals surface area contributed by atoms with Gasteiger partial charge in [-0.15, -0.1) is 0 Å². The number of carbonyl (C=O) groups excluding carboxylic acids is 3. The number of nitrogens with zero attached hydrogens (tertiary/aromatic N) is 4. The minimum atomic E-state index is -0.785. The molecule has 200 valence electrons. The molecule has 1 unspecified atom stereocenters. The number of anilines is 2. The van der Waals surface area contributed by atoms with E-state index in [2.05, 4.69) is 10.4 Å². The van der Waals surface area contributed by atoms with Crippen LogP contribution in [0.4, 0.5) is 21.5 Å². The maximum Gasteiger partial charge on any atom is 0.337 e. The number of halogens is 1. The lowest BCUT2D eigenvalue weighted by atomic mass is 9.90. The highest BCUT2D eigenvalue weighted by Crippen LogP contribution is 2.38. The number of methoxy groups -OCH3 is 1. The zero-order valence-corrected chi connectivity index (χ0v) is 21.5. The first-order valence-corrected chi connectivity index (χ1v) is 12.7. The summed E-state index contributed by atoms with van der Waals surface area (Å²) >= 11 is 0. The summed E-state index contributed by atoms with van der Waals surface area (Å²) < 4.78 is 20.2. The Balaban J connectivity index is 1.36. The Morgan fingerprint density at radius 1 is 1.10 bits per heavy atom. The van der Waals surface area contributed by atoms with Gasteiger partial charge < -0.3 is 15.0 Å². The van der Waals surface area contributed by atoms with E-state index in [-0.39, 0.29) is 18.4 Å². The van der Waals surface area contributed by atoms with Gasteiger partial charge in [0.25, 0.3) is 0 Å². The Morgan fingerprint density at radius 3 is 2.65 bits per heavy atom. The third-order valence-electron chi connectivity index (χ3n) is 7.08. The van der Waals surface area contributed by atoms with Crippen LogP contribution in [0.1, 0.15) is 33.0 Å². The van der Waals surface area contributed by atoms with Crippen LogP contribution >= 0.6 is 0 Å². The fourth-order valence-corrected chi connectivity index (χ4v) is 5.17. The Kier molecular flexibility index (Phi) is 6.43. The van der Waals surface area contributed by atoms with Crippen LogP contribution in [0.2, 0.25) is 0 Å². The van der Waals surface area contributed by atoms with Gasteiger partial charge in [-0.05, 0) is 71.6 Å². The van der Waals surface area contributed by atoms with Crippen molar-refractivity contribution in [3.8, 4) is 0 Å². The summed E-state index contributed by atoms with van der Waals surface area (Å²) in [7, 11) is 1.29. The van der Waals surface area contributed by atoms with Crippen molar-refractivity contribution >= 4 is 40.6 Å². The summed E-state index contributed by atoms with van der Waals surface area (Å²) in [5.74, 6) is -2.07. The van der Waals surface area contributed by atoms with E-state index in [0.29, 0.717) is 46.7 Å². The van der Waals surface area contributed by atoms with Crippen molar-refractivity contribution in [2.75, 3.05) is 23.9 Å². The number of ether oxygens (including phenoxy) is 1. The molecular weight excluding hydrogens is 513 g/mol. The molecule has 0 aliphatic carbocycles. The number of nitrogens with one attached hydrogen (secondary N) is 1. The summed E-state index contributed by atoms with van der Waals surface area (Å²) in [6, 6.07) is 18.0. The van der Waals surface area contributed by atoms with Crippen molar-refractivity contribution in [2.45, 2.75) is 18.9 Å². The molecule has 0 saturated heterocycles. The molecule has 1 N–H and O–H groups in total. The molecule has 3 aromatic carbocycles. The Labute approximate surface area is 228 Å². The van der Waals surface area contributed by atoms with E-state index < -0.39 is 17.7 Å². The molecule has 2 aliphatic heterocycles. The molecule has 0 fully saturated rings. The maximum absolute atomic E-state index is 13.8. The lowest BCUT2D eigenvalue weighted by Gasteiger charge is -2.18. The van der Waals surface area contributed by atoms with Crippen molar-refractivity contribution in [3.05, 3.63) is 107 Å². The van der Waals surface area contributed by atoms with Crippen LogP contribution in [-0.2, 0) is 27.3 Å². The predicted molar refractivity (Wildman–Crippen MR) is 146 cm³/mol. The lowest BCUT2D eigenvalue weighted by Crippen LogP contribution is -2.32. The molecular formula is C30H24FN5O4. The molecule has 10 heteroatoms. The zero-order chi connectivity index (χ0) is 27.8. The molecule has 9 nitrogen and oxygen atoms in total. The Hall–Kier alpha value is -5.12. The number of hydrogen-bond donors (Lipinski definition) is 1. The highest BCUT2D eigenvalue weighted by molar-refractivity contribution is 6.24. The molecule has 0 radical (unpaired) electrons. The molecule has 6 rings (SSSR count). The van der Waals surface area contributed by atoms with E-state index >= 15 is 0 Å². The van der Waals surface area contributed by atoms with Gasteiger partial charge in [0.1, 0.15) is 18.3 Å². The minimum Gasteiger partial charge on any atom is -0.465 e. The average Bonchev–Trinajstić information content (AvgIpc) is 3.69. The van der Waals surface area contributed by atoms with Crippen molar-refractivity contribution in [1.82, 2.24) is 9.78 Å². The number of amides is 2. The largest absolute Gasteiger partial charge is 0.465 e. The summed E-state index contributed by atoms with van der Waals surface area (Å²) in [6.07, 6.45) is 4.05. The molecule has 3 heterocycles. The molecule has 40 heavy (non-hydrogen) atoms. The summed E-state index contributed by atoms with van der Waals surface area (Å²) in [4.78, 5) is 44.8. The van der Waals surface area contributed by atoms with Crippen LogP contribution < -0.4 is 10.2 Å². The van der Waals surface area contributed by atoms with Gasteiger partial charge in [-0.25, -0.2) is 9.18 Å². The number of aliphatic imine (C=N–C) groups is 1. The fraction of sp³-hybridized carbons (Fsp3) is 0.167. The van der Waals surface area contributed by atoms with Gasteiger partial charge >= 0.3 is 5.97 Å². The normalized spacial score (nSPS) is 15.9. The van der Waals surface area contributed by atoms with Crippen LogP contribution in [0.25, 0.3) is 0 Å². The van der Waals surface area contributed by atoms with E-state index in [9.17, 15) is 18.8 Å². The lowest BCUT2D eigenvalue weighted by molar-refractivity contribution is -0.119. The Morgan fingerprint density at radius 2 is 1.90 bits per heavy atom. The highest BCUT2D eigenvalue weighted by atomic mass is 19.1. The molecule has 2 aliphatic rings. The van der Waals surface area contributed by atoms with Crippen LogP contribution in [0.15, 0.2) is 84.1 Å². The molecule has 0 bridgehead atoms. The number of hydrogen-bond acceptors (Lipinski definition) is 6. The van der Waals surface area contributed by atoms with E-state index in [4.69, 9.17) is 9.73 Å². The first kappa shape index (κ1) is 25.2. The van der Waals surface area contributed by atoms with Gasteiger partial charge in [0.05, 0.1) is 24.1 Å². The van der Waals surface area contributed by atoms with Gasteiger partial charge in [0.2, 0.25) is 11.8 Å². The quantitative estimate of drug-likeness (QED) is 0.292. The first-order chi connectivity index (χ1) is 19.4. The van der Waals surface area contributed by atoms with Crippen molar-refractivity contribution < 1.29 is 23.5 Å². The molecule has 1 atom stereocenters. The van der Waals surface area contributed by atoms with Gasteiger partial charge in [-0.3, -0.25) is 19.3 Å². The highest BCUT2D eigenvalue weighted by Gasteiger charge is 2.36. The number of benzene rings is 3. The first-order valence-electron chi connectivity index (χ1n) is 12.7. The smallest absolute Gasteiger partial charge is 0.337 e. The van der Waals surface area contributed by atoms with Crippen molar-refractivity contribution in [2.24, 2.45) is 4.99 Å². The number of aromatic nitrogens is 2. The van der Waals surface area contributed by atoms with E-state index in [1.807, 2.05) is 12.1 Å². The molecule has 1 aromatic heterocycles. The standard InChI is InChI=1S/C30H24FN5O4/c1-40-30(39)20-5-9-23-24(16-20)34-29(38)27(23)28(18-3-6-21(31)7-4-18)33-22-8-10-25-19(15-22)11-14-36(25)26(37)17-35-13-2-12-32-35/h2-10,12-13,15-16,27H,11,14,17H2,1H3,(H,34,38). The van der Waals surface area contributed by atoms with Crippen LogP contribution in [0.5, 0.6) is 0 Å². The summed E-state index contributed by atoms with van der Waals surface area (Å²) in [6.45, 7) is 0.698. The monoisotopic (exact) mass is 537 g/mol. The fourth-order valence-electron chi connectivity index (χ4n) is 5.17. The molecule has 4 aromatic rings. The van der Waals surface area contributed by atoms with Crippen molar-refractivity contribution in [3.63, 3.8) is 0 Å². The number of fused-ring (bicyclic) bond motifs is 2. The van der Waals surface area contributed by atoms with Crippen LogP contribution in [-0.4, -0.2) is 46.9 Å². The van der Waals surface area contributed by atoms with Gasteiger partial charge in [0, 0.05) is 30.3 Å². The number of rotatable bonds is 6. The third-order valence-corrected chi connectivity index (χ3v) is 7.08. The van der Waals surface area contributed by atoms with E-state index in [1.165, 1.54) is 19.2 Å². The SMILES string of the molecule is COC(=O)c1ccc2c(c1)NC(=O)C2C(=Nc1ccc2c(c1)CCN2C(=O)Cn1cccn1)c1ccc(F)cc1. The van der Waals surface area contributed by atoms with Crippen LogP contribution in [0, 0.1) is 5.82 Å². The predicted octanol–water partition coefficient (Wildman–Crippen LogP) is 4.25. The average molecular weight is 538 g/mol. The number of carbonyl (C=O) groups is 3. The second-order valence-electron chi connectivity index (χ2n) is 9.53. The molecule has 0 saturated carbocycles. The summed E-state index contributed by atoms with van der Waals surface area (Å²) in [5.41, 5.74) is 4.87. The second-order valence-corrected chi connectivity index (χ2v) is 9.53. The van der Waals surface area contributed by atoms with Gasteiger partial charge in [-0.2, -0.15) is 5.10 Å². The van der Waals surface area contributed by atoms with E-state index in [0.717, 1.165) is 11.3 Å². The van der Waals surface area contributed by atoms with E-state index in [1.54, 1.807) is 64.4 Å². The summed E-state index contributed by atoms with van der Waals surface area (Å²) in [5, 5.41) is 6.95. The molecule has 2 amide bonds. The van der Waals surface area contributed by atoms with Gasteiger partial charge in [-0.1, -0.05) is 18.2 Å². The second kappa shape index (κ2) is 10.2. The number of esters is 1. The maximum atomic E-state index is 13.8. The van der Waals surface area contributed by atoms with Crippen molar-refractivity contribution in [1.29, 1.82) is 0 Å².